The van der Waals surface area contributed by atoms with Gasteiger partial charge in [0.05, 0.1) is 13.0 Å². The van der Waals surface area contributed by atoms with E-state index in [0.29, 0.717) is 18.9 Å². The molecule has 0 spiro atoms. The van der Waals surface area contributed by atoms with Gasteiger partial charge in [-0.15, -0.1) is 0 Å². The molecule has 4 heteroatoms. The topological polar surface area (TPSA) is 61.5 Å². The van der Waals surface area contributed by atoms with Crippen molar-refractivity contribution in [1.82, 2.24) is 0 Å². The summed E-state index contributed by atoms with van der Waals surface area (Å²) >= 11 is 0. The van der Waals surface area contributed by atoms with Crippen molar-refractivity contribution in [3.8, 4) is 0 Å². The largest absolute Gasteiger partial charge is 0.465 e. The summed E-state index contributed by atoms with van der Waals surface area (Å²) in [6.45, 7) is 4.12. The van der Waals surface area contributed by atoms with Crippen LogP contribution in [0, 0.1) is 5.92 Å². The van der Waals surface area contributed by atoms with Crippen LogP contribution in [0.1, 0.15) is 37.7 Å². The van der Waals surface area contributed by atoms with E-state index >= 15 is 0 Å². The molecular formula is C16H23NO3. The molecule has 110 valence electrons. The summed E-state index contributed by atoms with van der Waals surface area (Å²) < 4.78 is 10.7. The molecule has 1 heterocycles. The van der Waals surface area contributed by atoms with E-state index in [4.69, 9.17) is 15.2 Å². The normalized spacial score (nSPS) is 17.6. The predicted molar refractivity (Wildman–Crippen MR) is 78.4 cm³/mol. The molecule has 1 saturated heterocycles. The fraction of sp³-hybridized carbons (Fsp3) is 0.562. The number of carbonyl (C=O) groups is 1. The van der Waals surface area contributed by atoms with Crippen molar-refractivity contribution in [2.75, 3.05) is 25.6 Å². The lowest BCUT2D eigenvalue weighted by atomic mass is 9.97. The van der Waals surface area contributed by atoms with E-state index in [2.05, 4.69) is 0 Å². The van der Waals surface area contributed by atoms with E-state index in [9.17, 15) is 4.79 Å². The van der Waals surface area contributed by atoms with Gasteiger partial charge in [0, 0.05) is 18.9 Å². The Balaban J connectivity index is 1.74. The fourth-order valence-electron chi connectivity index (χ4n) is 2.38. The third kappa shape index (κ3) is 4.53. The highest BCUT2D eigenvalue weighted by atomic mass is 16.5. The molecule has 1 fully saturated rings. The zero-order chi connectivity index (χ0) is 14.4. The van der Waals surface area contributed by atoms with Crippen molar-refractivity contribution in [3.63, 3.8) is 0 Å². The molecule has 1 unspecified atom stereocenters. The van der Waals surface area contributed by atoms with Gasteiger partial charge >= 0.3 is 5.97 Å². The lowest BCUT2D eigenvalue weighted by Gasteiger charge is -2.22. The van der Waals surface area contributed by atoms with Crippen LogP contribution in [-0.2, 0) is 14.3 Å². The quantitative estimate of drug-likeness (QED) is 0.664. The zero-order valence-electron chi connectivity index (χ0n) is 12.0. The van der Waals surface area contributed by atoms with Crippen molar-refractivity contribution in [2.24, 2.45) is 5.92 Å². The molecule has 1 aromatic carbocycles. The van der Waals surface area contributed by atoms with Crippen LogP contribution in [0.3, 0.4) is 0 Å². The highest BCUT2D eigenvalue weighted by molar-refractivity contribution is 5.70. The molecule has 1 atom stereocenters. The average Bonchev–Trinajstić information content (AvgIpc) is 2.47. The maximum Gasteiger partial charge on any atom is 0.306 e. The van der Waals surface area contributed by atoms with Crippen molar-refractivity contribution < 1.29 is 14.3 Å². The van der Waals surface area contributed by atoms with Crippen LogP contribution >= 0.6 is 0 Å². The standard InChI is InChI=1S/C16H23NO3/c1-12(14-2-4-15(17)5-3-14)10-16(18)20-11-13-6-8-19-9-7-13/h2-5,12-13H,6-11,17H2,1H3. The molecule has 0 radical (unpaired) electrons. The molecule has 1 aliphatic heterocycles. The van der Waals surface area contributed by atoms with E-state index in [1.807, 2.05) is 31.2 Å². The second-order valence-electron chi connectivity index (χ2n) is 5.51. The summed E-state index contributed by atoms with van der Waals surface area (Å²) in [4.78, 5) is 11.9. The first-order valence-electron chi connectivity index (χ1n) is 7.24. The molecule has 2 N–H and O–H groups in total. The summed E-state index contributed by atoms with van der Waals surface area (Å²) in [5, 5.41) is 0. The zero-order valence-corrected chi connectivity index (χ0v) is 12.0. The fourth-order valence-corrected chi connectivity index (χ4v) is 2.38. The Hall–Kier alpha value is -1.55. The molecule has 0 saturated carbocycles. The van der Waals surface area contributed by atoms with Gasteiger partial charge < -0.3 is 15.2 Å². The molecule has 4 nitrogen and oxygen atoms in total. The average molecular weight is 277 g/mol. The van der Waals surface area contributed by atoms with Gasteiger partial charge in [0.25, 0.3) is 0 Å². The second kappa shape index (κ2) is 7.29. The van der Waals surface area contributed by atoms with Gasteiger partial charge in [0.15, 0.2) is 0 Å². The number of rotatable bonds is 5. The number of hydrogen-bond donors (Lipinski definition) is 1. The monoisotopic (exact) mass is 277 g/mol. The van der Waals surface area contributed by atoms with Crippen LogP contribution in [0.25, 0.3) is 0 Å². The molecule has 1 aromatic rings. The molecule has 0 amide bonds. The van der Waals surface area contributed by atoms with Gasteiger partial charge in [-0.25, -0.2) is 0 Å². The van der Waals surface area contributed by atoms with Crippen LogP contribution < -0.4 is 5.73 Å². The van der Waals surface area contributed by atoms with E-state index in [0.717, 1.165) is 37.3 Å². The molecular weight excluding hydrogens is 254 g/mol. The number of anilines is 1. The highest BCUT2D eigenvalue weighted by Gasteiger charge is 2.17. The molecule has 0 bridgehead atoms. The Morgan fingerprint density at radius 1 is 1.35 bits per heavy atom. The third-order valence-corrected chi connectivity index (χ3v) is 3.80. The first kappa shape index (κ1) is 14.9. The lowest BCUT2D eigenvalue weighted by molar-refractivity contribution is -0.146. The summed E-state index contributed by atoms with van der Waals surface area (Å²) in [6.07, 6.45) is 2.38. The van der Waals surface area contributed by atoms with Crippen LogP contribution in [0.5, 0.6) is 0 Å². The van der Waals surface area contributed by atoms with Gasteiger partial charge in [0.2, 0.25) is 0 Å². The second-order valence-corrected chi connectivity index (χ2v) is 5.51. The third-order valence-electron chi connectivity index (χ3n) is 3.80. The van der Waals surface area contributed by atoms with E-state index in [1.54, 1.807) is 0 Å². The Labute approximate surface area is 120 Å². The highest BCUT2D eigenvalue weighted by Crippen LogP contribution is 2.21. The number of benzene rings is 1. The van der Waals surface area contributed by atoms with E-state index in [1.165, 1.54) is 0 Å². The lowest BCUT2D eigenvalue weighted by Crippen LogP contribution is -2.22. The molecule has 2 rings (SSSR count). The SMILES string of the molecule is CC(CC(=O)OCC1CCOCC1)c1ccc(N)cc1. The number of carbonyl (C=O) groups excluding carboxylic acids is 1. The minimum Gasteiger partial charge on any atom is -0.465 e. The van der Waals surface area contributed by atoms with Gasteiger partial charge in [-0.1, -0.05) is 19.1 Å². The summed E-state index contributed by atoms with van der Waals surface area (Å²) in [6, 6.07) is 7.65. The Kier molecular flexibility index (Phi) is 5.41. The number of nitrogen functional groups attached to an aromatic ring is 1. The Bertz CT molecular complexity index is 424. The number of hydrogen-bond acceptors (Lipinski definition) is 4. The van der Waals surface area contributed by atoms with Crippen LogP contribution in [0.4, 0.5) is 5.69 Å². The van der Waals surface area contributed by atoms with Crippen molar-refractivity contribution in [3.05, 3.63) is 29.8 Å². The maximum absolute atomic E-state index is 11.9. The van der Waals surface area contributed by atoms with Crippen LogP contribution in [0.2, 0.25) is 0 Å². The van der Waals surface area contributed by atoms with Crippen LogP contribution in [-0.4, -0.2) is 25.8 Å². The van der Waals surface area contributed by atoms with Gasteiger partial charge in [-0.3, -0.25) is 4.79 Å². The molecule has 1 aliphatic rings. The summed E-state index contributed by atoms with van der Waals surface area (Å²) in [5.41, 5.74) is 7.51. The maximum atomic E-state index is 11.9. The summed E-state index contributed by atoms with van der Waals surface area (Å²) in [7, 11) is 0. The Morgan fingerprint density at radius 2 is 2.00 bits per heavy atom. The van der Waals surface area contributed by atoms with Crippen LogP contribution in [0.15, 0.2) is 24.3 Å². The first-order valence-corrected chi connectivity index (χ1v) is 7.24. The number of esters is 1. The van der Waals surface area contributed by atoms with Gasteiger partial charge in [-0.2, -0.15) is 0 Å². The van der Waals surface area contributed by atoms with E-state index < -0.39 is 0 Å². The van der Waals surface area contributed by atoms with Gasteiger partial charge in [-0.05, 0) is 42.4 Å². The van der Waals surface area contributed by atoms with Crippen molar-refractivity contribution >= 4 is 11.7 Å². The minimum absolute atomic E-state index is 0.124. The summed E-state index contributed by atoms with van der Waals surface area (Å²) in [5.74, 6) is 0.484. The van der Waals surface area contributed by atoms with Crippen molar-refractivity contribution in [2.45, 2.75) is 32.1 Å². The Morgan fingerprint density at radius 3 is 2.65 bits per heavy atom. The molecule has 0 aromatic heterocycles. The first-order chi connectivity index (χ1) is 9.65. The molecule has 20 heavy (non-hydrogen) atoms. The number of nitrogens with two attached hydrogens (primary N) is 1. The molecule has 0 aliphatic carbocycles. The van der Waals surface area contributed by atoms with Crippen molar-refractivity contribution in [1.29, 1.82) is 0 Å². The predicted octanol–water partition coefficient (Wildman–Crippen LogP) is 2.73. The smallest absolute Gasteiger partial charge is 0.306 e. The minimum atomic E-state index is -0.124. The van der Waals surface area contributed by atoms with E-state index in [-0.39, 0.29) is 11.9 Å². The van der Waals surface area contributed by atoms with Gasteiger partial charge in [0.1, 0.15) is 0 Å². The number of ether oxygens (including phenoxy) is 2.